The van der Waals surface area contributed by atoms with Crippen molar-refractivity contribution in [1.82, 2.24) is 20.4 Å². The number of halogens is 1. The van der Waals surface area contributed by atoms with E-state index in [1.807, 2.05) is 0 Å². The van der Waals surface area contributed by atoms with Crippen LogP contribution in [0.4, 0.5) is 0 Å². The van der Waals surface area contributed by atoms with Crippen LogP contribution in [-0.2, 0) is 9.59 Å². The second-order valence-corrected chi connectivity index (χ2v) is 9.13. The maximum Gasteiger partial charge on any atom is 0.262 e. The molecule has 4 amide bonds. The van der Waals surface area contributed by atoms with Gasteiger partial charge < -0.3 is 15.0 Å². The van der Waals surface area contributed by atoms with Crippen molar-refractivity contribution < 1.29 is 23.9 Å². The molecule has 1 aromatic rings. The molecule has 3 fully saturated rings. The molecule has 2 atom stereocenters. The summed E-state index contributed by atoms with van der Waals surface area (Å²) in [7, 11) is 0. The zero-order valence-corrected chi connectivity index (χ0v) is 19.2. The van der Waals surface area contributed by atoms with Crippen molar-refractivity contribution in [2.75, 3.05) is 32.7 Å². The van der Waals surface area contributed by atoms with Gasteiger partial charge in [0.05, 0.1) is 11.1 Å². The van der Waals surface area contributed by atoms with Crippen LogP contribution in [0, 0.1) is 5.92 Å². The zero-order valence-electron chi connectivity index (χ0n) is 18.4. The van der Waals surface area contributed by atoms with Crippen LogP contribution >= 0.6 is 12.4 Å². The normalized spacial score (nSPS) is 26.2. The Kier molecular flexibility index (Phi) is 7.02. The second kappa shape index (κ2) is 9.79. The van der Waals surface area contributed by atoms with Crippen LogP contribution in [0.5, 0.6) is 5.75 Å². The van der Waals surface area contributed by atoms with Gasteiger partial charge in [0.25, 0.3) is 11.8 Å². The summed E-state index contributed by atoms with van der Waals surface area (Å²) in [6.07, 6.45) is 3.42. The minimum Gasteiger partial charge on any atom is -0.490 e. The summed E-state index contributed by atoms with van der Waals surface area (Å²) in [5.74, 6) is -0.698. The lowest BCUT2D eigenvalue weighted by Crippen LogP contribution is -2.54. The molecule has 33 heavy (non-hydrogen) atoms. The van der Waals surface area contributed by atoms with Gasteiger partial charge in [-0.1, -0.05) is 0 Å². The van der Waals surface area contributed by atoms with E-state index >= 15 is 0 Å². The highest BCUT2D eigenvalue weighted by Crippen LogP contribution is 2.31. The van der Waals surface area contributed by atoms with E-state index in [1.54, 1.807) is 18.2 Å². The fourth-order valence-electron chi connectivity index (χ4n) is 5.16. The van der Waals surface area contributed by atoms with Gasteiger partial charge in [-0.05, 0) is 62.9 Å². The lowest BCUT2D eigenvalue weighted by atomic mass is 10.0. The number of hydrogen-bond acceptors (Lipinski definition) is 7. The molecule has 9 nitrogen and oxygen atoms in total. The van der Waals surface area contributed by atoms with E-state index in [0.29, 0.717) is 5.75 Å². The number of amides is 4. The van der Waals surface area contributed by atoms with E-state index in [9.17, 15) is 19.2 Å². The Hall–Kier alpha value is -2.49. The van der Waals surface area contributed by atoms with E-state index in [2.05, 4.69) is 15.5 Å². The lowest BCUT2D eigenvalue weighted by Gasteiger charge is -2.33. The van der Waals surface area contributed by atoms with Crippen molar-refractivity contribution in [2.24, 2.45) is 5.92 Å². The van der Waals surface area contributed by atoms with Gasteiger partial charge in [-0.3, -0.25) is 29.4 Å². The van der Waals surface area contributed by atoms with Gasteiger partial charge in [-0.25, -0.2) is 0 Å². The molecule has 4 aliphatic rings. The molecule has 0 radical (unpaired) electrons. The molecule has 0 spiro atoms. The van der Waals surface area contributed by atoms with Crippen LogP contribution in [0.3, 0.4) is 0 Å². The number of benzene rings is 1. The van der Waals surface area contributed by atoms with Crippen LogP contribution in [0.1, 0.15) is 52.8 Å². The van der Waals surface area contributed by atoms with Crippen LogP contribution in [-0.4, -0.2) is 78.3 Å². The molecule has 2 N–H and O–H groups in total. The van der Waals surface area contributed by atoms with Crippen LogP contribution in [0.2, 0.25) is 0 Å². The summed E-state index contributed by atoms with van der Waals surface area (Å²) in [5, 5.41) is 5.63. The number of piperidine rings is 2. The maximum absolute atomic E-state index is 13.0. The molecule has 2 unspecified atom stereocenters. The Morgan fingerprint density at radius 1 is 0.970 bits per heavy atom. The molecular weight excluding hydrogens is 448 g/mol. The van der Waals surface area contributed by atoms with Crippen LogP contribution in [0.15, 0.2) is 18.2 Å². The number of nitrogens with one attached hydrogen (secondary N) is 2. The molecule has 10 heteroatoms. The number of ether oxygens (including phenoxy) is 1. The predicted molar refractivity (Wildman–Crippen MR) is 121 cm³/mol. The third-order valence-corrected chi connectivity index (χ3v) is 6.93. The largest absolute Gasteiger partial charge is 0.490 e. The van der Waals surface area contributed by atoms with Gasteiger partial charge in [0.1, 0.15) is 17.9 Å². The number of imide groups is 2. The molecule has 3 saturated heterocycles. The van der Waals surface area contributed by atoms with E-state index < -0.39 is 23.8 Å². The second-order valence-electron chi connectivity index (χ2n) is 9.13. The van der Waals surface area contributed by atoms with Crippen LogP contribution in [0.25, 0.3) is 0 Å². The maximum atomic E-state index is 13.0. The van der Waals surface area contributed by atoms with Gasteiger partial charge >= 0.3 is 0 Å². The molecule has 178 valence electrons. The van der Waals surface area contributed by atoms with Crippen molar-refractivity contribution >= 4 is 36.0 Å². The molecule has 0 bridgehead atoms. The summed E-state index contributed by atoms with van der Waals surface area (Å²) in [6.45, 7) is 5.34. The first kappa shape index (κ1) is 23.7. The van der Waals surface area contributed by atoms with E-state index in [1.165, 1.54) is 6.42 Å². The summed E-state index contributed by atoms with van der Waals surface area (Å²) < 4.78 is 6.15. The number of likely N-dealkylation sites (tertiary alicyclic amines) is 1. The topological polar surface area (TPSA) is 108 Å². The Labute approximate surface area is 198 Å². The van der Waals surface area contributed by atoms with Gasteiger partial charge in [-0.15, -0.1) is 12.4 Å². The molecule has 0 aromatic heterocycles. The highest BCUT2D eigenvalue weighted by atomic mass is 35.5. The summed E-state index contributed by atoms with van der Waals surface area (Å²) >= 11 is 0. The fraction of sp³-hybridized carbons (Fsp3) is 0.565. The van der Waals surface area contributed by atoms with Gasteiger partial charge in [0.2, 0.25) is 11.8 Å². The number of carbonyl (C=O) groups is 4. The van der Waals surface area contributed by atoms with Crippen molar-refractivity contribution in [2.45, 2.75) is 44.2 Å². The average molecular weight is 477 g/mol. The third-order valence-electron chi connectivity index (χ3n) is 6.93. The molecule has 1 aromatic carbocycles. The SMILES string of the molecule is Cl.O=C1CCC(N2C(=O)c3ccc(OC4CCN(CC5CCNC5)CC4)cc3C2=O)C(=O)N1. The number of rotatable bonds is 5. The molecular formula is C23H29ClN4O5. The molecule has 0 aliphatic carbocycles. The standard InChI is InChI=1S/C23H28N4O5.ClH/c28-20-4-3-19(21(29)25-20)27-22(30)17-2-1-16(11-18(17)23(27)31)32-15-6-9-26(10-7-15)13-14-5-8-24-12-14;/h1-2,11,14-15,19,24H,3-10,12-13H2,(H,25,28,29);1H. The number of nitrogens with zero attached hydrogens (tertiary/aromatic N) is 2. The minimum atomic E-state index is -0.955. The van der Waals surface area contributed by atoms with E-state index in [-0.39, 0.29) is 48.4 Å². The van der Waals surface area contributed by atoms with Crippen molar-refractivity contribution in [3.63, 3.8) is 0 Å². The first-order chi connectivity index (χ1) is 15.5. The number of hydrogen-bond donors (Lipinski definition) is 2. The van der Waals surface area contributed by atoms with E-state index in [0.717, 1.165) is 56.4 Å². The molecule has 4 aliphatic heterocycles. The Morgan fingerprint density at radius 2 is 1.73 bits per heavy atom. The Bertz CT molecular complexity index is 956. The minimum absolute atomic E-state index is 0. The van der Waals surface area contributed by atoms with Crippen molar-refractivity contribution in [3.05, 3.63) is 29.3 Å². The summed E-state index contributed by atoms with van der Waals surface area (Å²) in [5.41, 5.74) is 0.524. The van der Waals surface area contributed by atoms with Crippen LogP contribution < -0.4 is 15.4 Å². The summed E-state index contributed by atoms with van der Waals surface area (Å²) in [6, 6.07) is 3.97. The predicted octanol–water partition coefficient (Wildman–Crippen LogP) is 0.962. The van der Waals surface area contributed by atoms with Gasteiger partial charge in [0, 0.05) is 26.1 Å². The fourth-order valence-corrected chi connectivity index (χ4v) is 5.16. The molecule has 0 saturated carbocycles. The summed E-state index contributed by atoms with van der Waals surface area (Å²) in [4.78, 5) is 52.8. The number of carbonyl (C=O) groups excluding carboxylic acids is 4. The zero-order chi connectivity index (χ0) is 22.2. The highest BCUT2D eigenvalue weighted by molar-refractivity contribution is 6.23. The first-order valence-corrected chi connectivity index (χ1v) is 11.4. The Balaban J connectivity index is 0.00000259. The number of fused-ring (bicyclic) bond motifs is 1. The quantitative estimate of drug-likeness (QED) is 0.609. The molecule has 5 rings (SSSR count). The molecule has 4 heterocycles. The van der Waals surface area contributed by atoms with Gasteiger partial charge in [0.15, 0.2) is 0 Å². The smallest absolute Gasteiger partial charge is 0.262 e. The van der Waals surface area contributed by atoms with E-state index in [4.69, 9.17) is 4.74 Å². The highest BCUT2D eigenvalue weighted by Gasteiger charge is 2.44. The lowest BCUT2D eigenvalue weighted by molar-refractivity contribution is -0.136. The average Bonchev–Trinajstić information content (AvgIpc) is 3.37. The monoisotopic (exact) mass is 476 g/mol. The third kappa shape index (κ3) is 4.76. The van der Waals surface area contributed by atoms with Crippen molar-refractivity contribution in [3.8, 4) is 5.75 Å². The Morgan fingerprint density at radius 3 is 2.42 bits per heavy atom. The first-order valence-electron chi connectivity index (χ1n) is 11.4. The van der Waals surface area contributed by atoms with Crippen molar-refractivity contribution in [1.29, 1.82) is 0 Å². The van der Waals surface area contributed by atoms with Gasteiger partial charge in [-0.2, -0.15) is 0 Å².